The molecule has 274 valence electrons. The van der Waals surface area contributed by atoms with Gasteiger partial charge in [-0.1, -0.05) is 23.3 Å². The molecule has 1 N–H and O–H groups in total. The van der Waals surface area contributed by atoms with Crippen molar-refractivity contribution in [3.05, 3.63) is 47.2 Å². The van der Waals surface area contributed by atoms with Gasteiger partial charge in [0.2, 0.25) is 5.89 Å². The molecular weight excluding hydrogens is 644 g/mol. The van der Waals surface area contributed by atoms with E-state index in [0.29, 0.717) is 56.3 Å². The summed E-state index contributed by atoms with van der Waals surface area (Å²) < 4.78 is 43.0. The molecule has 50 heavy (non-hydrogen) atoms. The van der Waals surface area contributed by atoms with Crippen molar-refractivity contribution in [2.24, 2.45) is 0 Å². The Kier molecular flexibility index (Phi) is 11.8. The van der Waals surface area contributed by atoms with Gasteiger partial charge in [-0.05, 0) is 112 Å². The zero-order chi connectivity index (χ0) is 37.1. The van der Waals surface area contributed by atoms with E-state index < -0.39 is 11.2 Å². The van der Waals surface area contributed by atoms with Gasteiger partial charge in [0.15, 0.2) is 0 Å². The van der Waals surface area contributed by atoms with Crippen LogP contribution in [0.1, 0.15) is 94.6 Å². The number of anilines is 1. The summed E-state index contributed by atoms with van der Waals surface area (Å²) in [7, 11) is -0.314. The molecule has 0 unspecified atom stereocenters. The second-order valence-electron chi connectivity index (χ2n) is 15.6. The maximum atomic E-state index is 14.7. The zero-order valence-corrected chi connectivity index (χ0v) is 31.4. The summed E-state index contributed by atoms with van der Waals surface area (Å²) in [6, 6.07) is 5.15. The maximum Gasteiger partial charge on any atom is 0.490 e. The fourth-order valence-corrected chi connectivity index (χ4v) is 5.26. The number of rotatable bonds is 5. The number of hydrogen-bond donors (Lipinski definition) is 1. The molecule has 0 saturated carbocycles. The minimum absolute atomic E-state index is 0.259. The molecule has 5 rings (SSSR count). The van der Waals surface area contributed by atoms with E-state index >= 15 is 0 Å². The van der Waals surface area contributed by atoms with Crippen molar-refractivity contribution >= 4 is 30.9 Å². The average Bonchev–Trinajstić information content (AvgIpc) is 3.56. The largest absolute Gasteiger partial charge is 0.490 e. The molecular formula is C36H53BFN5O7. The van der Waals surface area contributed by atoms with Crippen LogP contribution in [0.2, 0.25) is 0 Å². The van der Waals surface area contributed by atoms with Crippen LogP contribution >= 0.6 is 0 Å². The van der Waals surface area contributed by atoms with Crippen molar-refractivity contribution in [2.45, 2.75) is 111 Å². The standard InChI is InChI=1S/C20H25FN4O3.C16H28BNO4/c1-5-22-18-24-23-17(27-18)14-6-7-15(16(21)12-14)13-8-10-25(11-9-13)19(26)28-20(2,3)4;1-14(2,3)20-13(19)18-10-8-12(9-11-18)17-21-15(4,5)16(6,7)22-17/h6-8,12H,5,9-11H2,1-4H3,(H,22,24);8H,9-11H2,1-7H3. The van der Waals surface area contributed by atoms with Crippen molar-refractivity contribution in [1.82, 2.24) is 20.0 Å². The quantitative estimate of drug-likeness (QED) is 0.314. The lowest BCUT2D eigenvalue weighted by molar-refractivity contribution is 0.00578. The van der Waals surface area contributed by atoms with E-state index in [0.717, 1.165) is 17.5 Å². The van der Waals surface area contributed by atoms with Crippen LogP contribution in [0.5, 0.6) is 0 Å². The van der Waals surface area contributed by atoms with E-state index in [-0.39, 0.29) is 42.2 Å². The molecule has 2 aromatic rings. The Labute approximate surface area is 295 Å². The number of aromatic nitrogens is 2. The first-order valence-electron chi connectivity index (χ1n) is 17.2. The molecule has 3 aliphatic heterocycles. The first kappa shape index (κ1) is 38.9. The number of carbonyl (C=O) groups excluding carboxylic acids is 2. The van der Waals surface area contributed by atoms with Crippen LogP contribution < -0.4 is 5.32 Å². The molecule has 0 spiro atoms. The molecule has 12 nitrogen and oxygen atoms in total. The van der Waals surface area contributed by atoms with Crippen LogP contribution in [-0.4, -0.2) is 94.4 Å². The summed E-state index contributed by atoms with van der Waals surface area (Å²) in [4.78, 5) is 27.5. The molecule has 1 aromatic heterocycles. The van der Waals surface area contributed by atoms with Gasteiger partial charge >= 0.3 is 25.3 Å². The highest BCUT2D eigenvalue weighted by molar-refractivity contribution is 6.54. The fraction of sp³-hybridized carbons (Fsp3) is 0.611. The Bertz CT molecular complexity index is 1580. The van der Waals surface area contributed by atoms with Crippen LogP contribution in [0.25, 0.3) is 17.0 Å². The third-order valence-electron chi connectivity index (χ3n) is 8.63. The molecule has 0 radical (unpaired) electrons. The Morgan fingerprint density at radius 2 is 1.46 bits per heavy atom. The van der Waals surface area contributed by atoms with Crippen molar-refractivity contribution in [3.63, 3.8) is 0 Å². The second kappa shape index (κ2) is 15.1. The lowest BCUT2D eigenvalue weighted by atomic mass is 9.75. The summed E-state index contributed by atoms with van der Waals surface area (Å²) in [5, 5.41) is 10.7. The summed E-state index contributed by atoms with van der Waals surface area (Å²) >= 11 is 0. The van der Waals surface area contributed by atoms with Gasteiger partial charge in [-0.15, -0.1) is 5.10 Å². The lowest BCUT2D eigenvalue weighted by Gasteiger charge is -2.32. The topological polar surface area (TPSA) is 128 Å². The SMILES string of the molecule is CC(C)(C)OC(=O)N1CC=C(B2OC(C)(C)C(C)(C)O2)CC1.CCNc1nnc(-c2ccc(C3=CCN(C(=O)OC(C)(C)C)CC3)c(F)c2)o1. The first-order valence-corrected chi connectivity index (χ1v) is 17.2. The zero-order valence-electron chi connectivity index (χ0n) is 31.4. The van der Waals surface area contributed by atoms with Crippen molar-refractivity contribution in [2.75, 3.05) is 38.0 Å². The highest BCUT2D eigenvalue weighted by Crippen LogP contribution is 2.39. The minimum Gasteiger partial charge on any atom is -0.444 e. The summed E-state index contributed by atoms with van der Waals surface area (Å²) in [6.45, 7) is 23.9. The van der Waals surface area contributed by atoms with E-state index in [2.05, 4.69) is 15.5 Å². The number of hydrogen-bond acceptors (Lipinski definition) is 10. The van der Waals surface area contributed by atoms with Gasteiger partial charge in [0.1, 0.15) is 17.0 Å². The number of nitrogens with zero attached hydrogens (tertiary/aromatic N) is 4. The lowest BCUT2D eigenvalue weighted by Crippen LogP contribution is -2.41. The fourth-order valence-electron chi connectivity index (χ4n) is 5.26. The van der Waals surface area contributed by atoms with E-state index in [9.17, 15) is 14.0 Å². The Morgan fingerprint density at radius 1 is 0.900 bits per heavy atom. The molecule has 1 saturated heterocycles. The van der Waals surface area contributed by atoms with Gasteiger partial charge in [0.05, 0.1) is 11.2 Å². The van der Waals surface area contributed by atoms with Crippen LogP contribution in [0.15, 0.2) is 40.2 Å². The number of ether oxygens (including phenoxy) is 2. The number of amides is 2. The van der Waals surface area contributed by atoms with Crippen LogP contribution in [-0.2, 0) is 18.8 Å². The van der Waals surface area contributed by atoms with Crippen LogP contribution in [0, 0.1) is 5.82 Å². The third kappa shape index (κ3) is 10.1. The van der Waals surface area contributed by atoms with Crippen LogP contribution in [0.4, 0.5) is 20.0 Å². The molecule has 0 atom stereocenters. The Balaban J connectivity index is 0.000000232. The van der Waals surface area contributed by atoms with E-state index in [1.807, 2.05) is 88.3 Å². The van der Waals surface area contributed by atoms with Gasteiger partial charge < -0.3 is 38.3 Å². The Hall–Kier alpha value is -3.91. The van der Waals surface area contributed by atoms with Crippen LogP contribution in [0.3, 0.4) is 0 Å². The van der Waals surface area contributed by atoms with Crippen molar-refractivity contribution in [1.29, 1.82) is 0 Å². The number of halogens is 1. The molecule has 0 bridgehead atoms. The number of benzene rings is 1. The number of nitrogens with one attached hydrogen (secondary N) is 1. The molecule has 1 aromatic carbocycles. The maximum absolute atomic E-state index is 14.7. The monoisotopic (exact) mass is 697 g/mol. The van der Waals surface area contributed by atoms with E-state index in [1.165, 1.54) is 6.07 Å². The first-order chi connectivity index (χ1) is 23.2. The smallest absolute Gasteiger partial charge is 0.444 e. The van der Waals surface area contributed by atoms with Gasteiger partial charge in [-0.3, -0.25) is 0 Å². The second-order valence-corrected chi connectivity index (χ2v) is 15.6. The van der Waals surface area contributed by atoms with Crippen molar-refractivity contribution in [3.8, 4) is 11.5 Å². The highest BCUT2D eigenvalue weighted by atomic mass is 19.1. The summed E-state index contributed by atoms with van der Waals surface area (Å²) in [5.41, 5.74) is 1.34. The van der Waals surface area contributed by atoms with E-state index in [4.69, 9.17) is 23.2 Å². The molecule has 4 heterocycles. The summed E-state index contributed by atoms with van der Waals surface area (Å²) in [6.07, 6.45) is 4.57. The average molecular weight is 698 g/mol. The third-order valence-corrected chi connectivity index (χ3v) is 8.63. The van der Waals surface area contributed by atoms with E-state index in [1.54, 1.807) is 21.9 Å². The molecule has 3 aliphatic rings. The van der Waals surface area contributed by atoms with Gasteiger partial charge in [0, 0.05) is 43.9 Å². The van der Waals surface area contributed by atoms with Gasteiger partial charge in [-0.25, -0.2) is 14.0 Å². The van der Waals surface area contributed by atoms with Crippen molar-refractivity contribution < 1.29 is 37.2 Å². The molecule has 1 fully saturated rings. The Morgan fingerprint density at radius 3 is 1.92 bits per heavy atom. The predicted octanol–water partition coefficient (Wildman–Crippen LogP) is 7.52. The minimum atomic E-state index is -0.537. The number of carbonyl (C=O) groups is 2. The molecule has 2 amide bonds. The van der Waals surface area contributed by atoms with Gasteiger partial charge in [-0.2, -0.15) is 0 Å². The summed E-state index contributed by atoms with van der Waals surface area (Å²) in [5.74, 6) is -0.104. The predicted molar refractivity (Wildman–Crippen MR) is 191 cm³/mol. The van der Waals surface area contributed by atoms with Gasteiger partial charge in [0.25, 0.3) is 0 Å². The molecule has 14 heteroatoms. The highest BCUT2D eigenvalue weighted by Gasteiger charge is 2.52. The molecule has 0 aliphatic carbocycles. The normalized spacial score (nSPS) is 18.8.